The van der Waals surface area contributed by atoms with E-state index < -0.39 is 0 Å². The van der Waals surface area contributed by atoms with Gasteiger partial charge in [-0.25, -0.2) is 0 Å². The molecule has 1 aliphatic carbocycles. The molecule has 0 aliphatic heterocycles. The molecule has 0 aromatic heterocycles. The molecule has 0 aromatic carbocycles. The highest BCUT2D eigenvalue weighted by Crippen LogP contribution is 2.25. The third-order valence-corrected chi connectivity index (χ3v) is 2.20. The molecule has 0 bridgehead atoms. The maximum Gasteiger partial charge on any atom is 0.0546 e. The predicted octanol–water partition coefficient (Wildman–Crippen LogP) is -0.434. The number of rotatable bonds is 5. The van der Waals surface area contributed by atoms with Crippen molar-refractivity contribution in [1.82, 2.24) is 10.6 Å². The van der Waals surface area contributed by atoms with Gasteiger partial charge in [0.05, 0.1) is 6.10 Å². The number of hydrogen-bond acceptors (Lipinski definition) is 3. The summed E-state index contributed by atoms with van der Waals surface area (Å²) in [5.41, 5.74) is 0. The van der Waals surface area contributed by atoms with Gasteiger partial charge in [-0.15, -0.1) is 0 Å². The van der Waals surface area contributed by atoms with Crippen molar-refractivity contribution in [3.05, 3.63) is 0 Å². The van der Waals surface area contributed by atoms with Gasteiger partial charge in [-0.05, 0) is 32.4 Å². The van der Waals surface area contributed by atoms with Crippen LogP contribution in [-0.4, -0.2) is 37.9 Å². The Morgan fingerprint density at radius 3 is 2.64 bits per heavy atom. The Bertz CT molecular complexity index is 102. The molecule has 3 heteroatoms. The molecular weight excluding hydrogens is 140 g/mol. The van der Waals surface area contributed by atoms with Crippen LogP contribution in [-0.2, 0) is 0 Å². The Labute approximate surface area is 68.2 Å². The second-order valence-electron chi connectivity index (χ2n) is 3.30. The van der Waals surface area contributed by atoms with Crippen molar-refractivity contribution in [2.75, 3.05) is 26.7 Å². The Balaban J connectivity index is 1.81. The molecule has 0 aromatic rings. The predicted molar refractivity (Wildman–Crippen MR) is 45.5 cm³/mol. The van der Waals surface area contributed by atoms with Crippen molar-refractivity contribution >= 4 is 0 Å². The van der Waals surface area contributed by atoms with E-state index >= 15 is 0 Å². The summed E-state index contributed by atoms with van der Waals surface area (Å²) in [6.45, 7) is 3.12. The van der Waals surface area contributed by atoms with E-state index in [4.69, 9.17) is 5.11 Å². The van der Waals surface area contributed by atoms with Gasteiger partial charge in [0, 0.05) is 13.1 Å². The molecule has 0 unspecified atom stereocenters. The summed E-state index contributed by atoms with van der Waals surface area (Å²) in [7, 11) is 1.95. The number of aliphatic hydroxyl groups excluding tert-OH is 1. The van der Waals surface area contributed by atoms with Crippen LogP contribution >= 0.6 is 0 Å². The van der Waals surface area contributed by atoms with Gasteiger partial charge in [-0.1, -0.05) is 0 Å². The van der Waals surface area contributed by atoms with Gasteiger partial charge in [0.2, 0.25) is 0 Å². The van der Waals surface area contributed by atoms with E-state index in [0.717, 1.165) is 38.4 Å². The Morgan fingerprint density at radius 2 is 2.09 bits per heavy atom. The second kappa shape index (κ2) is 4.70. The monoisotopic (exact) mass is 158 g/mol. The average molecular weight is 158 g/mol. The standard InChI is InChI=1S/C8H18N2O/c1-9-2-3-10-6-7-4-8(11)5-7/h7-11H,2-6H2,1H3. The molecule has 3 N–H and O–H groups in total. The summed E-state index contributed by atoms with van der Waals surface area (Å²) < 4.78 is 0. The zero-order valence-electron chi connectivity index (χ0n) is 7.14. The first-order valence-electron chi connectivity index (χ1n) is 4.36. The highest BCUT2D eigenvalue weighted by molar-refractivity contribution is 4.79. The molecule has 66 valence electrons. The summed E-state index contributed by atoms with van der Waals surface area (Å²) in [4.78, 5) is 0. The lowest BCUT2D eigenvalue weighted by atomic mass is 9.82. The molecule has 1 saturated carbocycles. The molecule has 0 saturated heterocycles. The number of hydrogen-bond donors (Lipinski definition) is 3. The average Bonchev–Trinajstić information content (AvgIpc) is 1.94. The summed E-state index contributed by atoms with van der Waals surface area (Å²) in [5.74, 6) is 0.724. The molecular formula is C8H18N2O. The van der Waals surface area contributed by atoms with Crippen molar-refractivity contribution in [1.29, 1.82) is 0 Å². The Kier molecular flexibility index (Phi) is 3.83. The van der Waals surface area contributed by atoms with E-state index in [0.29, 0.717) is 0 Å². The smallest absolute Gasteiger partial charge is 0.0546 e. The summed E-state index contributed by atoms with van der Waals surface area (Å²) in [6.07, 6.45) is 1.98. The lowest BCUT2D eigenvalue weighted by molar-refractivity contribution is 0.0432. The van der Waals surface area contributed by atoms with Crippen LogP contribution in [0.25, 0.3) is 0 Å². The van der Waals surface area contributed by atoms with Crippen molar-refractivity contribution in [3.63, 3.8) is 0 Å². The highest BCUT2D eigenvalue weighted by atomic mass is 16.3. The first-order valence-corrected chi connectivity index (χ1v) is 4.36. The fraction of sp³-hybridized carbons (Fsp3) is 1.00. The van der Waals surface area contributed by atoms with Crippen LogP contribution < -0.4 is 10.6 Å². The summed E-state index contributed by atoms with van der Waals surface area (Å²) in [6, 6.07) is 0. The lowest BCUT2D eigenvalue weighted by Gasteiger charge is -2.31. The van der Waals surface area contributed by atoms with E-state index in [-0.39, 0.29) is 6.10 Å². The van der Waals surface area contributed by atoms with Gasteiger partial charge in [0.1, 0.15) is 0 Å². The van der Waals surface area contributed by atoms with Crippen LogP contribution in [0.2, 0.25) is 0 Å². The first-order chi connectivity index (χ1) is 5.33. The number of nitrogens with one attached hydrogen (secondary N) is 2. The quantitative estimate of drug-likeness (QED) is 0.476. The minimum atomic E-state index is -0.00824. The largest absolute Gasteiger partial charge is 0.393 e. The molecule has 1 fully saturated rings. The van der Waals surface area contributed by atoms with Gasteiger partial charge >= 0.3 is 0 Å². The molecule has 0 heterocycles. The van der Waals surface area contributed by atoms with Crippen LogP contribution in [0.4, 0.5) is 0 Å². The molecule has 0 amide bonds. The highest BCUT2D eigenvalue weighted by Gasteiger charge is 2.26. The topological polar surface area (TPSA) is 44.3 Å². The number of likely N-dealkylation sites (N-methyl/N-ethyl adjacent to an activating group) is 1. The second-order valence-corrected chi connectivity index (χ2v) is 3.30. The van der Waals surface area contributed by atoms with Gasteiger partial charge in [-0.2, -0.15) is 0 Å². The SMILES string of the molecule is CNCCNCC1CC(O)C1. The normalized spacial score (nSPS) is 30.0. The minimum Gasteiger partial charge on any atom is -0.393 e. The Hall–Kier alpha value is -0.120. The zero-order chi connectivity index (χ0) is 8.10. The first kappa shape index (κ1) is 8.97. The molecule has 3 nitrogen and oxygen atoms in total. The third kappa shape index (κ3) is 3.18. The molecule has 0 spiro atoms. The van der Waals surface area contributed by atoms with Gasteiger partial charge in [-0.3, -0.25) is 0 Å². The van der Waals surface area contributed by atoms with Crippen LogP contribution in [0.1, 0.15) is 12.8 Å². The van der Waals surface area contributed by atoms with Crippen LogP contribution in [0.5, 0.6) is 0 Å². The minimum absolute atomic E-state index is 0.00824. The van der Waals surface area contributed by atoms with Crippen molar-refractivity contribution in [2.24, 2.45) is 5.92 Å². The van der Waals surface area contributed by atoms with E-state index in [2.05, 4.69) is 10.6 Å². The Morgan fingerprint density at radius 1 is 1.36 bits per heavy atom. The molecule has 0 radical (unpaired) electrons. The number of aliphatic hydroxyl groups is 1. The van der Waals surface area contributed by atoms with E-state index in [1.165, 1.54) is 0 Å². The van der Waals surface area contributed by atoms with Crippen LogP contribution in [0, 0.1) is 5.92 Å². The molecule has 0 atom stereocenters. The molecule has 1 aliphatic rings. The summed E-state index contributed by atoms with van der Waals surface area (Å²) >= 11 is 0. The maximum atomic E-state index is 8.98. The van der Waals surface area contributed by atoms with Crippen molar-refractivity contribution in [2.45, 2.75) is 18.9 Å². The van der Waals surface area contributed by atoms with Gasteiger partial charge < -0.3 is 15.7 Å². The van der Waals surface area contributed by atoms with E-state index in [9.17, 15) is 0 Å². The van der Waals surface area contributed by atoms with Gasteiger partial charge in [0.25, 0.3) is 0 Å². The van der Waals surface area contributed by atoms with E-state index in [1.807, 2.05) is 7.05 Å². The van der Waals surface area contributed by atoms with Crippen LogP contribution in [0.3, 0.4) is 0 Å². The van der Waals surface area contributed by atoms with Crippen molar-refractivity contribution in [3.8, 4) is 0 Å². The fourth-order valence-corrected chi connectivity index (χ4v) is 1.39. The fourth-order valence-electron chi connectivity index (χ4n) is 1.39. The molecule has 1 rings (SSSR count). The third-order valence-electron chi connectivity index (χ3n) is 2.20. The zero-order valence-corrected chi connectivity index (χ0v) is 7.14. The summed E-state index contributed by atoms with van der Waals surface area (Å²) in [5, 5.41) is 15.4. The van der Waals surface area contributed by atoms with Crippen molar-refractivity contribution < 1.29 is 5.11 Å². The van der Waals surface area contributed by atoms with Gasteiger partial charge in [0.15, 0.2) is 0 Å². The maximum absolute atomic E-state index is 8.98. The lowest BCUT2D eigenvalue weighted by Crippen LogP contribution is -2.37. The molecule has 11 heavy (non-hydrogen) atoms. The van der Waals surface area contributed by atoms with Crippen LogP contribution in [0.15, 0.2) is 0 Å². The van der Waals surface area contributed by atoms with E-state index in [1.54, 1.807) is 0 Å².